The minimum absolute atomic E-state index is 0.00914. The molecule has 2 fully saturated rings. The van der Waals surface area contributed by atoms with Gasteiger partial charge in [-0.1, -0.05) is 62.7 Å². The predicted molar refractivity (Wildman–Crippen MR) is 197 cm³/mol. The van der Waals surface area contributed by atoms with Gasteiger partial charge in [-0.25, -0.2) is 14.3 Å². The number of carbonyl (C=O) groups is 5. The summed E-state index contributed by atoms with van der Waals surface area (Å²) >= 11 is 6.39. The highest BCUT2D eigenvalue weighted by Crippen LogP contribution is 2.43. The second-order valence-corrected chi connectivity index (χ2v) is 15.8. The number of alkyl halides is 2. The van der Waals surface area contributed by atoms with Crippen molar-refractivity contribution in [2.24, 2.45) is 10.4 Å². The molecule has 2 atom stereocenters. The molecule has 0 radical (unpaired) electrons. The van der Waals surface area contributed by atoms with Gasteiger partial charge in [-0.15, -0.1) is 4.99 Å². The number of benzene rings is 2. The fourth-order valence-corrected chi connectivity index (χ4v) is 6.30. The Morgan fingerprint density at radius 3 is 2.36 bits per heavy atom. The SMILES string of the molecule is CC(C)(C)C[C@]1(c2ccc(-c3cnn(C(F)F)c3)cc2)NC(=NC(=O)OC(C)(C)C)N([C@H](COC(=O)NC2CC2)c2ccc(Cl)c(C(=O)NNC=O)c2)C1=O. The molecule has 1 aromatic heterocycles. The van der Waals surface area contributed by atoms with Gasteiger partial charge in [0.2, 0.25) is 12.4 Å². The molecule has 3 aromatic rings. The molecule has 294 valence electrons. The maximum Gasteiger partial charge on any atom is 0.437 e. The van der Waals surface area contributed by atoms with E-state index in [1.165, 1.54) is 35.5 Å². The highest BCUT2D eigenvalue weighted by atomic mass is 35.5. The molecule has 1 aliphatic carbocycles. The number of carbonyl (C=O) groups excluding carboxylic acids is 5. The molecule has 15 nitrogen and oxygen atoms in total. The van der Waals surface area contributed by atoms with E-state index in [0.29, 0.717) is 21.4 Å². The second-order valence-electron chi connectivity index (χ2n) is 15.4. The molecule has 18 heteroatoms. The van der Waals surface area contributed by atoms with Crippen molar-refractivity contribution >= 4 is 48.0 Å². The van der Waals surface area contributed by atoms with E-state index in [1.54, 1.807) is 45.0 Å². The molecule has 2 aromatic carbocycles. The number of hydrogen-bond donors (Lipinski definition) is 4. The van der Waals surface area contributed by atoms with E-state index >= 15 is 4.79 Å². The fourth-order valence-electron chi connectivity index (χ4n) is 6.10. The molecular weight excluding hydrogens is 742 g/mol. The van der Waals surface area contributed by atoms with Crippen molar-refractivity contribution in [3.8, 4) is 11.1 Å². The smallest absolute Gasteiger partial charge is 0.437 e. The zero-order valence-electron chi connectivity index (χ0n) is 31.1. The number of amides is 5. The number of halogens is 3. The lowest BCUT2D eigenvalue weighted by Crippen LogP contribution is -2.47. The lowest BCUT2D eigenvalue weighted by atomic mass is 9.75. The van der Waals surface area contributed by atoms with Crippen LogP contribution in [0.3, 0.4) is 0 Å². The number of hydrazine groups is 1. The van der Waals surface area contributed by atoms with Crippen LogP contribution in [0.25, 0.3) is 11.1 Å². The number of guanidine groups is 1. The zero-order chi connectivity index (χ0) is 40.3. The summed E-state index contributed by atoms with van der Waals surface area (Å²) in [5.74, 6) is -1.60. The topological polar surface area (TPSA) is 185 Å². The van der Waals surface area contributed by atoms with Crippen LogP contribution in [0, 0.1) is 5.41 Å². The van der Waals surface area contributed by atoms with Crippen LogP contribution in [0.4, 0.5) is 18.4 Å². The van der Waals surface area contributed by atoms with Crippen molar-refractivity contribution < 1.29 is 42.2 Å². The Kier molecular flexibility index (Phi) is 11.8. The lowest BCUT2D eigenvalue weighted by Gasteiger charge is -2.35. The number of ether oxygens (including phenoxy) is 2. The van der Waals surface area contributed by atoms with Gasteiger partial charge in [-0.3, -0.25) is 30.1 Å². The summed E-state index contributed by atoms with van der Waals surface area (Å²) < 4.78 is 38.3. The summed E-state index contributed by atoms with van der Waals surface area (Å²) in [6, 6.07) is 9.69. The molecule has 55 heavy (non-hydrogen) atoms. The van der Waals surface area contributed by atoms with Crippen LogP contribution in [-0.4, -0.2) is 69.3 Å². The molecule has 5 rings (SSSR count). The largest absolute Gasteiger partial charge is 0.447 e. The Labute approximate surface area is 321 Å². The molecular formula is C37H43ClF2N8O7. The van der Waals surface area contributed by atoms with Crippen LogP contribution < -0.4 is 21.5 Å². The second kappa shape index (κ2) is 16.0. The third-order valence-electron chi connectivity index (χ3n) is 8.48. The summed E-state index contributed by atoms with van der Waals surface area (Å²) in [6.45, 7) is 7.43. The molecule has 0 bridgehead atoms. The molecule has 5 amide bonds. The van der Waals surface area contributed by atoms with Gasteiger partial charge in [0, 0.05) is 17.8 Å². The van der Waals surface area contributed by atoms with Gasteiger partial charge in [0.25, 0.3) is 11.8 Å². The maximum absolute atomic E-state index is 15.3. The standard InChI is InChI=1S/C37H43ClF2N8O7/c1-35(2,3)19-37(24-10-7-21(8-11-24)23-16-42-47(17-23)31(39)40)30(51)48(32(45-37)44-34(53)55-36(4,5)6)28(18-54-33(52)43-25-12-13-25)22-9-14-27(38)26(15-22)29(50)46-41-20-49/h7-11,14-17,20,25,28,31H,12-13,18-19H2,1-6H3,(H,41,49)(H,43,52)(H,46,50)(H,44,45,53)/t28-,37-/m1/s1. The van der Waals surface area contributed by atoms with Gasteiger partial charge in [0.05, 0.1) is 22.8 Å². The normalized spacial score (nSPS) is 18.5. The van der Waals surface area contributed by atoms with Crippen molar-refractivity contribution in [2.45, 2.75) is 90.6 Å². The minimum atomic E-state index is -2.83. The molecule has 1 saturated heterocycles. The molecule has 1 saturated carbocycles. The summed E-state index contributed by atoms with van der Waals surface area (Å²) in [5.41, 5.74) is 2.75. The molecule has 2 heterocycles. The van der Waals surface area contributed by atoms with Crippen LogP contribution in [0.15, 0.2) is 59.9 Å². The van der Waals surface area contributed by atoms with Gasteiger partial charge < -0.3 is 20.1 Å². The number of hydrogen-bond acceptors (Lipinski definition) is 8. The molecule has 2 aliphatic rings. The summed E-state index contributed by atoms with van der Waals surface area (Å²) in [4.78, 5) is 70.9. The number of aromatic nitrogens is 2. The number of nitrogens with one attached hydrogen (secondary N) is 4. The number of aliphatic imine (C=N–C) groups is 1. The first-order valence-electron chi connectivity index (χ1n) is 17.4. The summed E-state index contributed by atoms with van der Waals surface area (Å²) in [5, 5.41) is 9.69. The molecule has 0 spiro atoms. The van der Waals surface area contributed by atoms with E-state index in [4.69, 9.17) is 21.1 Å². The number of alkyl carbamates (subject to hydrolysis) is 1. The van der Waals surface area contributed by atoms with Gasteiger partial charge in [0.15, 0.2) is 0 Å². The molecule has 0 unspecified atom stereocenters. The van der Waals surface area contributed by atoms with Crippen LogP contribution in [0.1, 0.15) is 94.9 Å². The highest BCUT2D eigenvalue weighted by Gasteiger charge is 2.55. The first-order chi connectivity index (χ1) is 25.8. The highest BCUT2D eigenvalue weighted by molar-refractivity contribution is 6.33. The van der Waals surface area contributed by atoms with Crippen molar-refractivity contribution in [3.05, 3.63) is 76.6 Å². The van der Waals surface area contributed by atoms with Crippen LogP contribution >= 0.6 is 11.6 Å². The monoisotopic (exact) mass is 784 g/mol. The molecule has 1 aliphatic heterocycles. The van der Waals surface area contributed by atoms with Crippen molar-refractivity contribution in [1.82, 2.24) is 36.2 Å². The average molecular weight is 785 g/mol. The fraction of sp³-hybridized carbons (Fsp3) is 0.432. The summed E-state index contributed by atoms with van der Waals surface area (Å²) in [7, 11) is 0. The van der Waals surface area contributed by atoms with Gasteiger partial charge in [0.1, 0.15) is 17.7 Å². The van der Waals surface area contributed by atoms with Crippen LogP contribution in [0.2, 0.25) is 5.02 Å². The van der Waals surface area contributed by atoms with Gasteiger partial charge >= 0.3 is 18.7 Å². The number of rotatable bonds is 12. The average Bonchev–Trinajstić information content (AvgIpc) is 3.68. The summed E-state index contributed by atoms with van der Waals surface area (Å²) in [6.07, 6.45) is 2.72. The van der Waals surface area contributed by atoms with E-state index in [-0.39, 0.29) is 41.0 Å². The first kappa shape index (κ1) is 40.6. The lowest BCUT2D eigenvalue weighted by molar-refractivity contribution is -0.134. The maximum atomic E-state index is 15.3. The number of nitrogens with zero attached hydrogens (tertiary/aromatic N) is 4. The van der Waals surface area contributed by atoms with Crippen molar-refractivity contribution in [1.29, 1.82) is 0 Å². The zero-order valence-corrected chi connectivity index (χ0v) is 31.9. The Hall–Kier alpha value is -5.58. The van der Waals surface area contributed by atoms with Gasteiger partial charge in [-0.2, -0.15) is 13.9 Å². The third kappa shape index (κ3) is 9.95. The van der Waals surface area contributed by atoms with Crippen molar-refractivity contribution in [3.63, 3.8) is 0 Å². The third-order valence-corrected chi connectivity index (χ3v) is 8.81. The Bertz CT molecular complexity index is 1970. The van der Waals surface area contributed by atoms with Crippen LogP contribution in [0.5, 0.6) is 0 Å². The predicted octanol–water partition coefficient (Wildman–Crippen LogP) is 5.97. The Morgan fingerprint density at radius 2 is 1.78 bits per heavy atom. The van der Waals surface area contributed by atoms with E-state index in [0.717, 1.165) is 12.8 Å². The van der Waals surface area contributed by atoms with Gasteiger partial charge in [-0.05, 0) is 74.3 Å². The Morgan fingerprint density at radius 1 is 1.09 bits per heavy atom. The van der Waals surface area contributed by atoms with Crippen LogP contribution in [-0.2, 0) is 24.6 Å². The quantitative estimate of drug-likeness (QED) is 0.127. The van der Waals surface area contributed by atoms with Crippen molar-refractivity contribution in [2.75, 3.05) is 6.61 Å². The minimum Gasteiger partial charge on any atom is -0.447 e. The first-order valence-corrected chi connectivity index (χ1v) is 17.8. The van der Waals surface area contributed by atoms with E-state index in [2.05, 4.69) is 31.6 Å². The van der Waals surface area contributed by atoms with E-state index in [1.807, 2.05) is 20.8 Å². The van der Waals surface area contributed by atoms with E-state index < -0.39 is 59.8 Å². The Balaban J connectivity index is 1.66. The molecule has 4 N–H and O–H groups in total. The van der Waals surface area contributed by atoms with E-state index in [9.17, 15) is 28.0 Å².